The molecule has 1 aromatic heterocycles. The van der Waals surface area contributed by atoms with E-state index in [1.54, 1.807) is 0 Å². The molecule has 1 N–H and O–H groups in total. The van der Waals surface area contributed by atoms with Crippen LogP contribution in [0.1, 0.15) is 25.2 Å². The quantitative estimate of drug-likeness (QED) is 0.605. The van der Waals surface area contributed by atoms with Crippen molar-refractivity contribution in [1.82, 2.24) is 24.3 Å². The van der Waals surface area contributed by atoms with Gasteiger partial charge in [0.25, 0.3) is 0 Å². The van der Waals surface area contributed by atoms with Gasteiger partial charge >= 0.3 is 0 Å². The van der Waals surface area contributed by atoms with Crippen LogP contribution in [0.2, 0.25) is 0 Å². The number of aromatic nitrogens is 2. The summed E-state index contributed by atoms with van der Waals surface area (Å²) >= 11 is 0. The summed E-state index contributed by atoms with van der Waals surface area (Å²) in [5.41, 5.74) is 1.19. The van der Waals surface area contributed by atoms with Gasteiger partial charge in [-0.2, -0.15) is 0 Å². The van der Waals surface area contributed by atoms with E-state index in [1.165, 1.54) is 5.56 Å². The second-order valence-electron chi connectivity index (χ2n) is 8.15. The lowest BCUT2D eigenvalue weighted by Crippen LogP contribution is -2.49. The summed E-state index contributed by atoms with van der Waals surface area (Å²) in [6, 6.07) is 8.15. The third kappa shape index (κ3) is 6.80. The second kappa shape index (κ2) is 11.5. The average Bonchev–Trinajstić information content (AvgIpc) is 3.20. The third-order valence-electron chi connectivity index (χ3n) is 5.73. The zero-order chi connectivity index (χ0) is 21.3. The number of β-amino-alcohol motifs (C(OH)–C–C–N with tert-alkyl or cyclic N) is 1. The highest BCUT2D eigenvalue weighted by molar-refractivity contribution is 5.28. The Hall–Kier alpha value is -1.93. The molecule has 0 spiro atoms. The fraction of sp³-hybridized carbons (Fsp3) is 0.609. The zero-order valence-electron chi connectivity index (χ0n) is 18.7. The summed E-state index contributed by atoms with van der Waals surface area (Å²) in [7, 11) is 2.10. The molecule has 1 aliphatic rings. The Balaban J connectivity index is 1.43. The third-order valence-corrected chi connectivity index (χ3v) is 5.73. The van der Waals surface area contributed by atoms with Gasteiger partial charge in [0, 0.05) is 58.2 Å². The Kier molecular flexibility index (Phi) is 8.69. The van der Waals surface area contributed by atoms with Crippen molar-refractivity contribution in [2.45, 2.75) is 39.6 Å². The number of ether oxygens (including phenoxy) is 1. The van der Waals surface area contributed by atoms with Crippen LogP contribution in [0.3, 0.4) is 0 Å². The predicted octanol–water partition coefficient (Wildman–Crippen LogP) is 1.91. The lowest BCUT2D eigenvalue weighted by atomic mass is 10.2. The van der Waals surface area contributed by atoms with Crippen molar-refractivity contribution in [1.29, 1.82) is 0 Å². The fourth-order valence-corrected chi connectivity index (χ4v) is 3.95. The molecule has 7 heteroatoms. The molecule has 0 radical (unpaired) electrons. The molecule has 1 aromatic carbocycles. The van der Waals surface area contributed by atoms with Crippen molar-refractivity contribution in [2.75, 3.05) is 52.9 Å². The molecule has 1 atom stereocenters. The van der Waals surface area contributed by atoms with Gasteiger partial charge < -0.3 is 19.3 Å². The van der Waals surface area contributed by atoms with Crippen LogP contribution in [0.15, 0.2) is 36.7 Å². The highest BCUT2D eigenvalue weighted by Crippen LogP contribution is 2.16. The minimum absolute atomic E-state index is 0.321. The Morgan fingerprint density at radius 2 is 1.87 bits per heavy atom. The molecule has 1 saturated heterocycles. The van der Waals surface area contributed by atoms with Crippen LogP contribution in [0, 0.1) is 0 Å². The van der Waals surface area contributed by atoms with E-state index >= 15 is 0 Å². The zero-order valence-corrected chi connectivity index (χ0v) is 18.7. The molecule has 0 aliphatic carbocycles. The molecule has 2 heterocycles. The minimum Gasteiger partial charge on any atom is -0.491 e. The molecule has 30 heavy (non-hydrogen) atoms. The van der Waals surface area contributed by atoms with Crippen LogP contribution < -0.4 is 4.74 Å². The van der Waals surface area contributed by atoms with Gasteiger partial charge in [0.2, 0.25) is 0 Å². The van der Waals surface area contributed by atoms with Crippen molar-refractivity contribution < 1.29 is 9.84 Å². The number of likely N-dealkylation sites (N-methyl/N-ethyl adjacent to an activating group) is 1. The largest absolute Gasteiger partial charge is 0.491 e. The number of aliphatic hydroxyl groups is 1. The molecule has 2 aromatic rings. The molecule has 1 fully saturated rings. The van der Waals surface area contributed by atoms with Gasteiger partial charge in [-0.15, -0.1) is 0 Å². The Morgan fingerprint density at radius 3 is 2.60 bits per heavy atom. The van der Waals surface area contributed by atoms with Crippen LogP contribution in [-0.4, -0.2) is 88.4 Å². The first kappa shape index (κ1) is 22.7. The van der Waals surface area contributed by atoms with Crippen LogP contribution in [0.25, 0.3) is 0 Å². The first-order chi connectivity index (χ1) is 14.6. The van der Waals surface area contributed by atoms with Crippen LogP contribution in [-0.2, 0) is 19.6 Å². The van der Waals surface area contributed by atoms with Gasteiger partial charge in [0.05, 0.1) is 6.54 Å². The normalized spacial score (nSPS) is 16.8. The predicted molar refractivity (Wildman–Crippen MR) is 120 cm³/mol. The lowest BCUT2D eigenvalue weighted by molar-refractivity contribution is 0.0470. The number of benzene rings is 1. The van der Waals surface area contributed by atoms with Crippen LogP contribution >= 0.6 is 0 Å². The van der Waals surface area contributed by atoms with Gasteiger partial charge in [0.15, 0.2) is 0 Å². The second-order valence-corrected chi connectivity index (χ2v) is 8.15. The van der Waals surface area contributed by atoms with E-state index in [9.17, 15) is 5.11 Å². The van der Waals surface area contributed by atoms with Crippen molar-refractivity contribution in [3.05, 3.63) is 48.0 Å². The Morgan fingerprint density at radius 1 is 1.10 bits per heavy atom. The summed E-state index contributed by atoms with van der Waals surface area (Å²) in [6.45, 7) is 13.2. The maximum absolute atomic E-state index is 10.4. The first-order valence-corrected chi connectivity index (χ1v) is 11.1. The molecule has 166 valence electrons. The fourth-order valence-electron chi connectivity index (χ4n) is 3.95. The summed E-state index contributed by atoms with van der Waals surface area (Å²) < 4.78 is 8.06. The van der Waals surface area contributed by atoms with E-state index in [0.29, 0.717) is 13.2 Å². The number of hydrogen-bond donors (Lipinski definition) is 1. The van der Waals surface area contributed by atoms with E-state index in [4.69, 9.17) is 4.74 Å². The van der Waals surface area contributed by atoms with E-state index in [0.717, 1.165) is 63.9 Å². The number of imidazole rings is 1. The lowest BCUT2D eigenvalue weighted by Gasteiger charge is -2.34. The number of aryl methyl sites for hydroxylation is 1. The Bertz CT molecular complexity index is 758. The van der Waals surface area contributed by atoms with Gasteiger partial charge in [-0.3, -0.25) is 9.80 Å². The highest BCUT2D eigenvalue weighted by Gasteiger charge is 2.18. The van der Waals surface area contributed by atoms with Crippen molar-refractivity contribution in [2.24, 2.45) is 0 Å². The molecule has 0 bridgehead atoms. The van der Waals surface area contributed by atoms with Gasteiger partial charge in [-0.25, -0.2) is 4.98 Å². The maximum Gasteiger partial charge on any atom is 0.122 e. The molecular formula is C23H37N5O2. The molecule has 7 nitrogen and oxygen atoms in total. The molecule has 0 unspecified atom stereocenters. The summed E-state index contributed by atoms with van der Waals surface area (Å²) in [5.74, 6) is 1.89. The summed E-state index contributed by atoms with van der Waals surface area (Å²) in [5, 5.41) is 10.4. The molecule has 3 rings (SSSR count). The summed E-state index contributed by atoms with van der Waals surface area (Å²) in [4.78, 5) is 11.5. The topological polar surface area (TPSA) is 57.0 Å². The first-order valence-electron chi connectivity index (χ1n) is 11.1. The molecule has 0 amide bonds. The van der Waals surface area contributed by atoms with Crippen molar-refractivity contribution >= 4 is 0 Å². The van der Waals surface area contributed by atoms with Crippen LogP contribution in [0.5, 0.6) is 5.75 Å². The van der Waals surface area contributed by atoms with E-state index < -0.39 is 6.10 Å². The maximum atomic E-state index is 10.4. The summed E-state index contributed by atoms with van der Waals surface area (Å²) in [6.07, 6.45) is 3.40. The number of hydrogen-bond acceptors (Lipinski definition) is 6. The van der Waals surface area contributed by atoms with Gasteiger partial charge in [-0.05, 0) is 38.2 Å². The van der Waals surface area contributed by atoms with Crippen molar-refractivity contribution in [3.8, 4) is 5.75 Å². The van der Waals surface area contributed by atoms with E-state index in [1.807, 2.05) is 24.5 Å². The molecule has 0 saturated carbocycles. The van der Waals surface area contributed by atoms with Gasteiger partial charge in [-0.1, -0.05) is 19.1 Å². The van der Waals surface area contributed by atoms with Gasteiger partial charge in [0.1, 0.15) is 24.3 Å². The number of nitrogens with zero attached hydrogens (tertiary/aromatic N) is 5. The monoisotopic (exact) mass is 415 g/mol. The smallest absolute Gasteiger partial charge is 0.122 e. The average molecular weight is 416 g/mol. The van der Waals surface area contributed by atoms with Crippen LogP contribution in [0.4, 0.5) is 0 Å². The van der Waals surface area contributed by atoms with E-state index in [-0.39, 0.29) is 0 Å². The highest BCUT2D eigenvalue weighted by atomic mass is 16.5. The van der Waals surface area contributed by atoms with Crippen molar-refractivity contribution in [3.63, 3.8) is 0 Å². The molecule has 1 aliphatic heterocycles. The van der Waals surface area contributed by atoms with E-state index in [2.05, 4.69) is 57.3 Å². The minimum atomic E-state index is -0.475. The molecular weight excluding hydrogens is 378 g/mol. The SMILES string of the molecule is CCN1CCN(C[C@H](O)COc2cccc(CN(C)Cc3nccn3CC)c2)CC1. The number of aliphatic hydroxyl groups excluding tert-OH is 1. The Labute approximate surface area is 180 Å². The standard InChI is InChI=1S/C23H37N5O2/c1-4-26-11-13-27(14-12-26)17-21(29)19-30-22-8-6-7-20(15-22)16-25(3)18-23-24-9-10-28(23)5-2/h6-10,15,21,29H,4-5,11-14,16-19H2,1-3H3/t21-/m0/s1. The number of piperazine rings is 1. The number of rotatable bonds is 11.